The number of benzene rings is 2. The molecule has 3 aromatic rings. The second-order valence-electron chi connectivity index (χ2n) is 6.60. The number of ether oxygens (including phenoxy) is 1. The molecular formula is C20H22FN3O. The minimum Gasteiger partial charge on any atom is -0.464 e. The fourth-order valence-electron chi connectivity index (χ4n) is 3.33. The summed E-state index contributed by atoms with van der Waals surface area (Å²) >= 11 is 0. The molecule has 5 heteroatoms. The van der Waals surface area contributed by atoms with Gasteiger partial charge in [-0.1, -0.05) is 24.3 Å². The van der Waals surface area contributed by atoms with Crippen LogP contribution in [0.4, 0.5) is 4.39 Å². The lowest BCUT2D eigenvalue weighted by Gasteiger charge is -2.22. The zero-order valence-corrected chi connectivity index (χ0v) is 14.1. The number of rotatable bonds is 5. The van der Waals surface area contributed by atoms with Gasteiger partial charge in [-0.25, -0.2) is 4.39 Å². The van der Waals surface area contributed by atoms with Gasteiger partial charge in [-0.05, 0) is 61.7 Å². The third kappa shape index (κ3) is 3.66. The quantitative estimate of drug-likeness (QED) is 0.772. The molecule has 25 heavy (non-hydrogen) atoms. The normalized spacial score (nSPS) is 15.6. The predicted octanol–water partition coefficient (Wildman–Crippen LogP) is 3.60. The molecule has 0 spiro atoms. The van der Waals surface area contributed by atoms with Crippen molar-refractivity contribution in [2.45, 2.75) is 19.4 Å². The Morgan fingerprint density at radius 2 is 1.84 bits per heavy atom. The Balaban J connectivity index is 1.59. The van der Waals surface area contributed by atoms with E-state index in [1.165, 1.54) is 12.1 Å². The van der Waals surface area contributed by atoms with E-state index in [4.69, 9.17) is 4.74 Å². The second-order valence-corrected chi connectivity index (χ2v) is 6.60. The molecule has 0 unspecified atom stereocenters. The lowest BCUT2D eigenvalue weighted by atomic mass is 9.99. The molecule has 1 fully saturated rings. The van der Waals surface area contributed by atoms with Crippen LogP contribution in [-0.2, 0) is 6.54 Å². The summed E-state index contributed by atoms with van der Waals surface area (Å²) in [6, 6.07) is 15.3. The van der Waals surface area contributed by atoms with Gasteiger partial charge in [-0.3, -0.25) is 4.57 Å². The van der Waals surface area contributed by atoms with Gasteiger partial charge in [0.05, 0.1) is 24.2 Å². The highest BCUT2D eigenvalue weighted by Gasteiger charge is 2.17. The van der Waals surface area contributed by atoms with Crippen molar-refractivity contribution in [2.75, 3.05) is 19.7 Å². The molecule has 1 aliphatic rings. The van der Waals surface area contributed by atoms with Crippen LogP contribution in [0, 0.1) is 11.7 Å². The van der Waals surface area contributed by atoms with E-state index < -0.39 is 0 Å². The standard InChI is InChI=1S/C20H22FN3O/c21-17-7-5-15(6-8-17)13-24-19-4-2-1-3-18(19)23-20(24)25-14-16-9-11-22-12-10-16/h1-8,16,22H,9-14H2. The molecule has 4 nitrogen and oxygen atoms in total. The van der Waals surface area contributed by atoms with Crippen LogP contribution in [0.1, 0.15) is 18.4 Å². The SMILES string of the molecule is Fc1ccc(Cn2c(OCC3CCNCC3)nc3ccccc32)cc1. The monoisotopic (exact) mass is 339 g/mol. The number of fused-ring (bicyclic) bond motifs is 1. The van der Waals surface area contributed by atoms with Crippen LogP contribution in [0.2, 0.25) is 0 Å². The molecule has 2 aromatic carbocycles. The lowest BCUT2D eigenvalue weighted by Crippen LogP contribution is -2.30. The highest BCUT2D eigenvalue weighted by atomic mass is 19.1. The van der Waals surface area contributed by atoms with Crippen molar-refractivity contribution in [1.29, 1.82) is 0 Å². The zero-order chi connectivity index (χ0) is 17.1. The molecule has 0 bridgehead atoms. The van der Waals surface area contributed by atoms with Gasteiger partial charge in [0.1, 0.15) is 5.82 Å². The topological polar surface area (TPSA) is 39.1 Å². The summed E-state index contributed by atoms with van der Waals surface area (Å²) in [6.45, 7) is 3.41. The average Bonchev–Trinajstić information content (AvgIpc) is 3.00. The van der Waals surface area contributed by atoms with Crippen LogP contribution in [0.15, 0.2) is 48.5 Å². The minimum atomic E-state index is -0.221. The van der Waals surface area contributed by atoms with Gasteiger partial charge < -0.3 is 10.1 Å². The summed E-state index contributed by atoms with van der Waals surface area (Å²) in [7, 11) is 0. The van der Waals surface area contributed by atoms with E-state index in [1.807, 2.05) is 24.3 Å². The number of nitrogens with zero attached hydrogens (tertiary/aromatic N) is 2. The largest absolute Gasteiger partial charge is 0.464 e. The Kier molecular flexibility index (Phi) is 4.65. The Bertz CT molecular complexity index is 838. The van der Waals surface area contributed by atoms with E-state index in [1.54, 1.807) is 12.1 Å². The first kappa shape index (κ1) is 16.1. The Morgan fingerprint density at radius 1 is 1.08 bits per heavy atom. The fourth-order valence-corrected chi connectivity index (χ4v) is 3.33. The third-order valence-corrected chi connectivity index (χ3v) is 4.78. The summed E-state index contributed by atoms with van der Waals surface area (Å²) in [6.07, 6.45) is 2.27. The van der Waals surface area contributed by atoms with Gasteiger partial charge in [-0.15, -0.1) is 0 Å². The first-order chi connectivity index (χ1) is 12.3. The van der Waals surface area contributed by atoms with E-state index in [0.717, 1.165) is 42.5 Å². The van der Waals surface area contributed by atoms with E-state index in [2.05, 4.69) is 14.9 Å². The number of aromatic nitrogens is 2. The molecule has 0 aliphatic carbocycles. The molecule has 2 heterocycles. The summed E-state index contributed by atoms with van der Waals surface area (Å²) in [4.78, 5) is 4.66. The van der Waals surface area contributed by atoms with E-state index >= 15 is 0 Å². The van der Waals surface area contributed by atoms with Gasteiger partial charge >= 0.3 is 0 Å². The van der Waals surface area contributed by atoms with Crippen molar-refractivity contribution in [1.82, 2.24) is 14.9 Å². The summed E-state index contributed by atoms with van der Waals surface area (Å²) in [5, 5.41) is 3.38. The van der Waals surface area contributed by atoms with Gasteiger partial charge in [0.2, 0.25) is 0 Å². The number of para-hydroxylation sites is 2. The molecule has 130 valence electrons. The number of imidazole rings is 1. The molecule has 4 rings (SSSR count). The van der Waals surface area contributed by atoms with Crippen molar-refractivity contribution in [3.8, 4) is 6.01 Å². The second kappa shape index (κ2) is 7.23. The van der Waals surface area contributed by atoms with Crippen LogP contribution in [0.3, 0.4) is 0 Å². The zero-order valence-electron chi connectivity index (χ0n) is 14.1. The van der Waals surface area contributed by atoms with Gasteiger partial charge in [0.25, 0.3) is 6.01 Å². The smallest absolute Gasteiger partial charge is 0.297 e. The third-order valence-electron chi connectivity index (χ3n) is 4.78. The fraction of sp³-hybridized carbons (Fsp3) is 0.350. The summed E-state index contributed by atoms with van der Waals surface area (Å²) in [5.41, 5.74) is 2.98. The summed E-state index contributed by atoms with van der Waals surface area (Å²) in [5.74, 6) is 0.349. The number of piperidine rings is 1. The molecule has 0 amide bonds. The van der Waals surface area contributed by atoms with Crippen molar-refractivity contribution in [2.24, 2.45) is 5.92 Å². The molecular weight excluding hydrogens is 317 g/mol. The summed E-state index contributed by atoms with van der Waals surface area (Å²) < 4.78 is 21.4. The van der Waals surface area contributed by atoms with Crippen LogP contribution in [0.25, 0.3) is 11.0 Å². The lowest BCUT2D eigenvalue weighted by molar-refractivity contribution is 0.197. The maximum Gasteiger partial charge on any atom is 0.297 e. The maximum atomic E-state index is 13.2. The average molecular weight is 339 g/mol. The molecule has 0 radical (unpaired) electrons. The number of nitrogens with one attached hydrogen (secondary N) is 1. The molecule has 1 aromatic heterocycles. The van der Waals surface area contributed by atoms with E-state index in [0.29, 0.717) is 25.1 Å². The molecule has 0 saturated carbocycles. The predicted molar refractivity (Wildman–Crippen MR) is 96.3 cm³/mol. The van der Waals surface area contributed by atoms with Crippen molar-refractivity contribution in [3.63, 3.8) is 0 Å². The Morgan fingerprint density at radius 3 is 2.64 bits per heavy atom. The van der Waals surface area contributed by atoms with E-state index in [9.17, 15) is 4.39 Å². The van der Waals surface area contributed by atoms with Gasteiger partial charge in [0, 0.05) is 0 Å². The maximum absolute atomic E-state index is 13.2. The van der Waals surface area contributed by atoms with Gasteiger partial charge in [0.15, 0.2) is 0 Å². The Labute approximate surface area is 146 Å². The Hall–Kier alpha value is -2.40. The van der Waals surface area contributed by atoms with Crippen LogP contribution in [-0.4, -0.2) is 29.2 Å². The minimum absolute atomic E-state index is 0.221. The molecule has 1 saturated heterocycles. The van der Waals surface area contributed by atoms with E-state index in [-0.39, 0.29) is 5.82 Å². The number of halogens is 1. The van der Waals surface area contributed by atoms with Crippen molar-refractivity contribution < 1.29 is 9.13 Å². The number of hydrogen-bond donors (Lipinski definition) is 1. The first-order valence-corrected chi connectivity index (χ1v) is 8.83. The van der Waals surface area contributed by atoms with Gasteiger partial charge in [-0.2, -0.15) is 4.98 Å². The first-order valence-electron chi connectivity index (χ1n) is 8.83. The number of hydrogen-bond acceptors (Lipinski definition) is 3. The molecule has 1 aliphatic heterocycles. The van der Waals surface area contributed by atoms with Crippen molar-refractivity contribution >= 4 is 11.0 Å². The highest BCUT2D eigenvalue weighted by molar-refractivity contribution is 5.76. The highest BCUT2D eigenvalue weighted by Crippen LogP contribution is 2.24. The van der Waals surface area contributed by atoms with Crippen LogP contribution >= 0.6 is 0 Å². The van der Waals surface area contributed by atoms with Crippen molar-refractivity contribution in [3.05, 3.63) is 59.9 Å². The molecule has 0 atom stereocenters. The van der Waals surface area contributed by atoms with Crippen LogP contribution < -0.4 is 10.1 Å². The van der Waals surface area contributed by atoms with Crippen LogP contribution in [0.5, 0.6) is 6.01 Å². The molecule has 1 N–H and O–H groups in total.